The Kier molecular flexibility index (Phi) is 4.96. The minimum absolute atomic E-state index is 0.00421. The Bertz CT molecular complexity index is 927. The minimum Gasteiger partial charge on any atom is -0.469 e. The molecule has 0 spiro atoms. The number of fused-ring (bicyclic) bond motifs is 1. The number of hydrogen-bond donors (Lipinski definition) is 0. The smallest absolute Gasteiger partial charge is 0.310 e. The van der Waals surface area contributed by atoms with E-state index in [0.29, 0.717) is 11.6 Å². The molecular formula is C23H22FNO2. The SMILES string of the molecule is COC(=O)[C@H]1CCN(C2CCc3cc(C#Cc4cccc(F)c4)ccc32)C1. The van der Waals surface area contributed by atoms with E-state index in [4.69, 9.17) is 4.74 Å². The zero-order valence-corrected chi connectivity index (χ0v) is 15.4. The van der Waals surface area contributed by atoms with Crippen molar-refractivity contribution in [2.24, 2.45) is 5.92 Å². The molecule has 4 heteroatoms. The van der Waals surface area contributed by atoms with Crippen molar-refractivity contribution in [1.29, 1.82) is 0 Å². The minimum atomic E-state index is -0.269. The first kappa shape index (κ1) is 17.8. The van der Waals surface area contributed by atoms with E-state index in [1.807, 2.05) is 12.1 Å². The number of ether oxygens (including phenoxy) is 1. The number of halogens is 1. The maximum absolute atomic E-state index is 13.3. The molecule has 1 aliphatic carbocycles. The van der Waals surface area contributed by atoms with Gasteiger partial charge in [0.25, 0.3) is 0 Å². The van der Waals surface area contributed by atoms with E-state index in [1.165, 1.54) is 30.4 Å². The van der Waals surface area contributed by atoms with E-state index >= 15 is 0 Å². The second-order valence-corrected chi connectivity index (χ2v) is 7.23. The van der Waals surface area contributed by atoms with Crippen LogP contribution in [0.25, 0.3) is 0 Å². The molecule has 2 atom stereocenters. The van der Waals surface area contributed by atoms with Gasteiger partial charge in [0.05, 0.1) is 13.0 Å². The fraction of sp³-hybridized carbons (Fsp3) is 0.348. The summed E-state index contributed by atoms with van der Waals surface area (Å²) in [4.78, 5) is 14.2. The van der Waals surface area contributed by atoms with Crippen molar-refractivity contribution in [3.63, 3.8) is 0 Å². The molecule has 0 aromatic heterocycles. The molecule has 1 heterocycles. The lowest BCUT2D eigenvalue weighted by molar-refractivity contribution is -0.145. The highest BCUT2D eigenvalue weighted by molar-refractivity contribution is 5.72. The standard InChI is InChI=1S/C23H22FNO2/c1-27-23(26)19-11-12-25(15-19)22-10-8-18-13-17(7-9-21(18)22)6-5-16-3-2-4-20(24)14-16/h2-4,7,9,13-14,19,22H,8,10-12,15H2,1H3/t19-,22?/m0/s1. The molecule has 3 nitrogen and oxygen atoms in total. The summed E-state index contributed by atoms with van der Waals surface area (Å²) in [5.74, 6) is 5.80. The highest BCUT2D eigenvalue weighted by Crippen LogP contribution is 2.38. The molecule has 0 radical (unpaired) electrons. The third-order valence-electron chi connectivity index (χ3n) is 5.56. The monoisotopic (exact) mass is 363 g/mol. The van der Waals surface area contributed by atoms with Crippen molar-refractivity contribution in [3.8, 4) is 11.8 Å². The summed E-state index contributed by atoms with van der Waals surface area (Å²) in [6.07, 6.45) is 2.97. The zero-order valence-electron chi connectivity index (χ0n) is 15.4. The number of esters is 1. The Labute approximate surface area is 159 Å². The van der Waals surface area contributed by atoms with E-state index in [-0.39, 0.29) is 17.7 Å². The number of benzene rings is 2. The van der Waals surface area contributed by atoms with Crippen LogP contribution < -0.4 is 0 Å². The summed E-state index contributed by atoms with van der Waals surface area (Å²) < 4.78 is 18.2. The molecule has 0 amide bonds. The van der Waals surface area contributed by atoms with Gasteiger partial charge in [-0.1, -0.05) is 24.0 Å². The van der Waals surface area contributed by atoms with E-state index in [1.54, 1.807) is 6.07 Å². The number of carbonyl (C=O) groups excluding carboxylic acids is 1. The average molecular weight is 363 g/mol. The highest BCUT2D eigenvalue weighted by Gasteiger charge is 2.36. The molecule has 2 aliphatic rings. The first-order valence-electron chi connectivity index (χ1n) is 9.36. The van der Waals surface area contributed by atoms with Crippen LogP contribution in [0.5, 0.6) is 0 Å². The second-order valence-electron chi connectivity index (χ2n) is 7.23. The Morgan fingerprint density at radius 2 is 1.96 bits per heavy atom. The molecule has 4 rings (SSSR count). The molecule has 2 aromatic rings. The maximum atomic E-state index is 13.3. The lowest BCUT2D eigenvalue weighted by atomic mass is 10.0. The summed E-state index contributed by atoms with van der Waals surface area (Å²) in [5, 5.41) is 0. The lowest BCUT2D eigenvalue weighted by Gasteiger charge is -2.24. The van der Waals surface area contributed by atoms with Crippen molar-refractivity contribution in [2.75, 3.05) is 20.2 Å². The number of nitrogens with zero attached hydrogens (tertiary/aromatic N) is 1. The topological polar surface area (TPSA) is 29.5 Å². The fourth-order valence-electron chi connectivity index (χ4n) is 4.19. The molecule has 27 heavy (non-hydrogen) atoms. The predicted octanol–water partition coefficient (Wildman–Crippen LogP) is 3.71. The highest BCUT2D eigenvalue weighted by atomic mass is 19.1. The van der Waals surface area contributed by atoms with Crippen LogP contribution in [-0.4, -0.2) is 31.1 Å². The van der Waals surface area contributed by atoms with Gasteiger partial charge in [-0.25, -0.2) is 4.39 Å². The van der Waals surface area contributed by atoms with Gasteiger partial charge in [-0.2, -0.15) is 0 Å². The average Bonchev–Trinajstić information content (AvgIpc) is 3.32. The molecule has 0 N–H and O–H groups in total. The van der Waals surface area contributed by atoms with Crippen LogP contribution in [0.2, 0.25) is 0 Å². The van der Waals surface area contributed by atoms with Crippen LogP contribution in [0, 0.1) is 23.6 Å². The van der Waals surface area contributed by atoms with Gasteiger partial charge < -0.3 is 4.74 Å². The fourth-order valence-corrected chi connectivity index (χ4v) is 4.19. The van der Waals surface area contributed by atoms with Gasteiger partial charge in [0.1, 0.15) is 5.82 Å². The number of methoxy groups -OCH3 is 1. The molecule has 0 bridgehead atoms. The third kappa shape index (κ3) is 3.74. The van der Waals surface area contributed by atoms with Gasteiger partial charge in [-0.05, 0) is 67.3 Å². The molecule has 1 aliphatic heterocycles. The molecule has 1 fully saturated rings. The van der Waals surface area contributed by atoms with E-state index in [0.717, 1.165) is 37.9 Å². The Morgan fingerprint density at radius 3 is 2.74 bits per heavy atom. The van der Waals surface area contributed by atoms with Gasteiger partial charge in [-0.3, -0.25) is 9.69 Å². The molecule has 2 aromatic carbocycles. The van der Waals surface area contributed by atoms with Gasteiger partial charge in [0.2, 0.25) is 0 Å². The number of aryl methyl sites for hydroxylation is 1. The number of carbonyl (C=O) groups is 1. The Balaban J connectivity index is 1.49. The summed E-state index contributed by atoms with van der Waals surface area (Å²) in [6.45, 7) is 1.71. The van der Waals surface area contributed by atoms with E-state index < -0.39 is 0 Å². The van der Waals surface area contributed by atoms with Crippen LogP contribution >= 0.6 is 0 Å². The maximum Gasteiger partial charge on any atom is 0.310 e. The normalized spacial score (nSPS) is 21.4. The van der Waals surface area contributed by atoms with Gasteiger partial charge >= 0.3 is 5.97 Å². The van der Waals surface area contributed by atoms with E-state index in [2.05, 4.69) is 28.9 Å². The largest absolute Gasteiger partial charge is 0.469 e. The number of rotatable bonds is 2. The Morgan fingerprint density at radius 1 is 1.15 bits per heavy atom. The van der Waals surface area contributed by atoms with Gasteiger partial charge in [0.15, 0.2) is 0 Å². The second kappa shape index (κ2) is 7.54. The van der Waals surface area contributed by atoms with Gasteiger partial charge in [-0.15, -0.1) is 0 Å². The van der Waals surface area contributed by atoms with Crippen molar-refractivity contribution in [1.82, 2.24) is 4.90 Å². The van der Waals surface area contributed by atoms with Gasteiger partial charge in [0, 0.05) is 23.7 Å². The van der Waals surface area contributed by atoms with Crippen molar-refractivity contribution < 1.29 is 13.9 Å². The predicted molar refractivity (Wildman–Crippen MR) is 102 cm³/mol. The van der Waals surface area contributed by atoms with Crippen molar-refractivity contribution >= 4 is 5.97 Å². The Hall–Kier alpha value is -2.64. The van der Waals surface area contributed by atoms with Crippen LogP contribution in [0.3, 0.4) is 0 Å². The lowest BCUT2D eigenvalue weighted by Crippen LogP contribution is -2.27. The molecule has 0 saturated carbocycles. The van der Waals surface area contributed by atoms with Crippen LogP contribution in [-0.2, 0) is 16.0 Å². The number of likely N-dealkylation sites (tertiary alicyclic amines) is 1. The molecule has 138 valence electrons. The quantitative estimate of drug-likeness (QED) is 0.602. The summed E-state index contributed by atoms with van der Waals surface area (Å²) in [6, 6.07) is 13.1. The zero-order chi connectivity index (χ0) is 18.8. The molecule has 1 saturated heterocycles. The first-order valence-corrected chi connectivity index (χ1v) is 9.36. The third-order valence-corrected chi connectivity index (χ3v) is 5.56. The van der Waals surface area contributed by atoms with Crippen LogP contribution in [0.1, 0.15) is 41.1 Å². The van der Waals surface area contributed by atoms with Crippen molar-refractivity contribution in [3.05, 3.63) is 70.5 Å². The first-order chi connectivity index (χ1) is 13.1. The summed E-state index contributed by atoms with van der Waals surface area (Å²) >= 11 is 0. The molecule has 1 unspecified atom stereocenters. The summed E-state index contributed by atoms with van der Waals surface area (Å²) in [5.41, 5.74) is 4.30. The van der Waals surface area contributed by atoms with Crippen LogP contribution in [0.15, 0.2) is 42.5 Å². The summed E-state index contributed by atoms with van der Waals surface area (Å²) in [7, 11) is 1.46. The van der Waals surface area contributed by atoms with Crippen LogP contribution in [0.4, 0.5) is 4.39 Å². The molecular weight excluding hydrogens is 341 g/mol. The van der Waals surface area contributed by atoms with Crippen molar-refractivity contribution in [2.45, 2.75) is 25.3 Å². The van der Waals surface area contributed by atoms with E-state index in [9.17, 15) is 9.18 Å². The number of hydrogen-bond acceptors (Lipinski definition) is 3.